The van der Waals surface area contributed by atoms with Crippen LogP contribution in [0.4, 0.5) is 0 Å². The number of aliphatic imine (C=N–C) groups is 1. The van der Waals surface area contributed by atoms with Gasteiger partial charge in [-0.15, -0.1) is 24.0 Å². The van der Waals surface area contributed by atoms with Gasteiger partial charge in [0.15, 0.2) is 5.96 Å². The van der Waals surface area contributed by atoms with Crippen LogP contribution in [0.1, 0.15) is 23.6 Å². The molecule has 2 N–H and O–H groups in total. The van der Waals surface area contributed by atoms with E-state index in [4.69, 9.17) is 4.74 Å². The second kappa shape index (κ2) is 12.2. The SMILES string of the molecule is CN=C(NCc1cccc(Cn2ccnc2)c1)NCC(C)Oc1cccc(C)c1.I. The molecule has 0 aliphatic rings. The Morgan fingerprint density at radius 1 is 1.13 bits per heavy atom. The van der Waals surface area contributed by atoms with Crippen LogP contribution < -0.4 is 15.4 Å². The van der Waals surface area contributed by atoms with Gasteiger partial charge in [-0.25, -0.2) is 4.98 Å². The number of ether oxygens (including phenoxy) is 1. The summed E-state index contributed by atoms with van der Waals surface area (Å²) in [7, 11) is 1.77. The predicted octanol–water partition coefficient (Wildman–Crippen LogP) is 3.99. The molecule has 0 saturated carbocycles. The lowest BCUT2D eigenvalue weighted by atomic mass is 10.1. The summed E-state index contributed by atoms with van der Waals surface area (Å²) in [5.74, 6) is 1.64. The van der Waals surface area contributed by atoms with E-state index >= 15 is 0 Å². The molecule has 7 heteroatoms. The van der Waals surface area contributed by atoms with Crippen LogP contribution >= 0.6 is 24.0 Å². The Morgan fingerprint density at radius 3 is 2.67 bits per heavy atom. The van der Waals surface area contributed by atoms with Crippen LogP contribution in [0.3, 0.4) is 0 Å². The summed E-state index contributed by atoms with van der Waals surface area (Å²) >= 11 is 0. The highest BCUT2D eigenvalue weighted by molar-refractivity contribution is 14.0. The molecule has 6 nitrogen and oxygen atoms in total. The lowest BCUT2D eigenvalue weighted by molar-refractivity contribution is 0.223. The highest BCUT2D eigenvalue weighted by Crippen LogP contribution is 2.14. The van der Waals surface area contributed by atoms with E-state index in [0.717, 1.165) is 18.3 Å². The molecule has 0 aliphatic heterocycles. The van der Waals surface area contributed by atoms with Crippen LogP contribution in [-0.4, -0.2) is 35.2 Å². The van der Waals surface area contributed by atoms with E-state index in [0.29, 0.717) is 13.1 Å². The molecule has 1 atom stereocenters. The van der Waals surface area contributed by atoms with E-state index in [-0.39, 0.29) is 30.1 Å². The van der Waals surface area contributed by atoms with Gasteiger partial charge >= 0.3 is 0 Å². The Hall–Kier alpha value is -2.55. The van der Waals surface area contributed by atoms with Crippen molar-refractivity contribution in [3.05, 3.63) is 83.9 Å². The zero-order chi connectivity index (χ0) is 20.5. The minimum atomic E-state index is 0. The molecule has 3 rings (SSSR count). The molecule has 0 amide bonds. The molecule has 0 bridgehead atoms. The third-order valence-electron chi connectivity index (χ3n) is 4.48. The van der Waals surface area contributed by atoms with E-state index in [9.17, 15) is 0 Å². The van der Waals surface area contributed by atoms with Crippen LogP contribution in [0.25, 0.3) is 0 Å². The van der Waals surface area contributed by atoms with Gasteiger partial charge < -0.3 is 19.9 Å². The van der Waals surface area contributed by atoms with Gasteiger partial charge in [0.1, 0.15) is 11.9 Å². The van der Waals surface area contributed by atoms with Crippen LogP contribution in [-0.2, 0) is 13.1 Å². The zero-order valence-corrected chi connectivity index (χ0v) is 20.0. The van der Waals surface area contributed by atoms with Crippen LogP contribution in [0.2, 0.25) is 0 Å². The van der Waals surface area contributed by atoms with Gasteiger partial charge in [0.05, 0.1) is 12.9 Å². The van der Waals surface area contributed by atoms with Gasteiger partial charge in [-0.3, -0.25) is 4.99 Å². The third-order valence-corrected chi connectivity index (χ3v) is 4.48. The molecular weight excluding hydrogens is 489 g/mol. The molecule has 3 aromatic rings. The number of aromatic nitrogens is 2. The summed E-state index contributed by atoms with van der Waals surface area (Å²) in [4.78, 5) is 8.40. The topological polar surface area (TPSA) is 63.5 Å². The molecule has 1 aromatic heterocycles. The van der Waals surface area contributed by atoms with Gasteiger partial charge in [-0.05, 0) is 42.7 Å². The van der Waals surface area contributed by atoms with Gasteiger partial charge in [0.25, 0.3) is 0 Å². The van der Waals surface area contributed by atoms with E-state index in [2.05, 4.69) is 62.4 Å². The molecule has 30 heavy (non-hydrogen) atoms. The number of halogens is 1. The molecule has 1 unspecified atom stereocenters. The Morgan fingerprint density at radius 2 is 1.93 bits per heavy atom. The van der Waals surface area contributed by atoms with Crippen molar-refractivity contribution in [1.29, 1.82) is 0 Å². The van der Waals surface area contributed by atoms with Gasteiger partial charge in [0, 0.05) is 32.5 Å². The first kappa shape index (κ1) is 23.7. The van der Waals surface area contributed by atoms with Gasteiger partial charge in [-0.1, -0.05) is 36.4 Å². The molecule has 2 aromatic carbocycles. The van der Waals surface area contributed by atoms with E-state index < -0.39 is 0 Å². The molecule has 0 radical (unpaired) electrons. The minimum absolute atomic E-state index is 0. The Labute approximate surface area is 195 Å². The Bertz CT molecular complexity index is 927. The highest BCUT2D eigenvalue weighted by Gasteiger charge is 2.06. The minimum Gasteiger partial charge on any atom is -0.489 e. The fourth-order valence-electron chi connectivity index (χ4n) is 3.04. The summed E-state index contributed by atoms with van der Waals surface area (Å²) in [5.41, 5.74) is 3.63. The van der Waals surface area contributed by atoms with Crippen molar-refractivity contribution in [2.24, 2.45) is 4.99 Å². The third kappa shape index (κ3) is 7.70. The first-order chi connectivity index (χ1) is 14.1. The van der Waals surface area contributed by atoms with Crippen LogP contribution in [0, 0.1) is 6.92 Å². The lowest BCUT2D eigenvalue weighted by Gasteiger charge is -2.18. The van der Waals surface area contributed by atoms with Crippen LogP contribution in [0.5, 0.6) is 5.75 Å². The predicted molar refractivity (Wildman–Crippen MR) is 133 cm³/mol. The lowest BCUT2D eigenvalue weighted by Crippen LogP contribution is -2.41. The zero-order valence-electron chi connectivity index (χ0n) is 17.7. The summed E-state index contributed by atoms with van der Waals surface area (Å²) in [6, 6.07) is 16.6. The number of imidazole rings is 1. The summed E-state index contributed by atoms with van der Waals surface area (Å²) in [6.45, 7) is 6.28. The van der Waals surface area contributed by atoms with Crippen LogP contribution in [0.15, 0.2) is 72.2 Å². The molecule has 1 heterocycles. The van der Waals surface area contributed by atoms with Crippen molar-refractivity contribution in [2.45, 2.75) is 33.0 Å². The van der Waals surface area contributed by atoms with Crippen molar-refractivity contribution in [3.63, 3.8) is 0 Å². The molecule has 0 spiro atoms. The summed E-state index contributed by atoms with van der Waals surface area (Å²) in [6.07, 6.45) is 5.62. The van der Waals surface area contributed by atoms with Crippen molar-refractivity contribution in [2.75, 3.05) is 13.6 Å². The first-order valence-electron chi connectivity index (χ1n) is 9.84. The maximum atomic E-state index is 5.97. The van der Waals surface area contributed by atoms with Crippen molar-refractivity contribution in [1.82, 2.24) is 20.2 Å². The second-order valence-electron chi connectivity index (χ2n) is 7.11. The molecule has 160 valence electrons. The van der Waals surface area contributed by atoms with Crippen molar-refractivity contribution in [3.8, 4) is 5.75 Å². The number of aryl methyl sites for hydroxylation is 1. The molecule has 0 aliphatic carbocycles. The molecule has 0 fully saturated rings. The molecular formula is C23H30IN5O. The molecule has 0 saturated heterocycles. The number of rotatable bonds is 8. The summed E-state index contributed by atoms with van der Waals surface area (Å²) in [5, 5.41) is 6.69. The summed E-state index contributed by atoms with van der Waals surface area (Å²) < 4.78 is 8.02. The highest BCUT2D eigenvalue weighted by atomic mass is 127. The number of benzene rings is 2. The quantitative estimate of drug-likeness (QED) is 0.269. The number of guanidine groups is 1. The fourth-order valence-corrected chi connectivity index (χ4v) is 3.04. The first-order valence-corrected chi connectivity index (χ1v) is 9.84. The monoisotopic (exact) mass is 519 g/mol. The fraction of sp³-hybridized carbons (Fsp3) is 0.304. The smallest absolute Gasteiger partial charge is 0.191 e. The maximum Gasteiger partial charge on any atom is 0.191 e. The van der Waals surface area contributed by atoms with Crippen molar-refractivity contribution >= 4 is 29.9 Å². The number of hydrogen-bond acceptors (Lipinski definition) is 3. The Balaban J connectivity index is 0.00000320. The largest absolute Gasteiger partial charge is 0.489 e. The number of nitrogens with one attached hydrogen (secondary N) is 2. The van der Waals surface area contributed by atoms with Gasteiger partial charge in [0.2, 0.25) is 0 Å². The maximum absolute atomic E-state index is 5.97. The van der Waals surface area contributed by atoms with E-state index in [1.54, 1.807) is 13.2 Å². The van der Waals surface area contributed by atoms with E-state index in [1.165, 1.54) is 16.7 Å². The normalized spacial score (nSPS) is 12.0. The van der Waals surface area contributed by atoms with Gasteiger partial charge in [-0.2, -0.15) is 0 Å². The standard InChI is InChI=1S/C23H29N5O.HI/c1-18-6-4-9-22(12-18)29-19(2)14-26-23(24-3)27-15-20-7-5-8-21(13-20)16-28-11-10-25-17-28;/h4-13,17,19H,14-16H2,1-3H3,(H2,24,26,27);1H. The number of nitrogens with zero attached hydrogens (tertiary/aromatic N) is 3. The number of hydrogen-bond donors (Lipinski definition) is 2. The average molecular weight is 519 g/mol. The van der Waals surface area contributed by atoms with E-state index in [1.807, 2.05) is 37.6 Å². The Kier molecular flexibility index (Phi) is 9.66. The second-order valence-corrected chi connectivity index (χ2v) is 7.11. The average Bonchev–Trinajstić information content (AvgIpc) is 3.21. The van der Waals surface area contributed by atoms with Crippen molar-refractivity contribution < 1.29 is 4.74 Å².